The highest BCUT2D eigenvalue weighted by Gasteiger charge is 2.25. The number of hydrogen-bond acceptors (Lipinski definition) is 4. The second-order valence-electron chi connectivity index (χ2n) is 7.32. The molecule has 2 N–H and O–H groups in total. The Morgan fingerprint density at radius 2 is 1.91 bits per heavy atom. The van der Waals surface area contributed by atoms with E-state index in [4.69, 9.17) is 4.74 Å². The van der Waals surface area contributed by atoms with Gasteiger partial charge < -0.3 is 20.3 Å². The topological polar surface area (TPSA) is 52.1 Å². The van der Waals surface area contributed by atoms with Crippen LogP contribution < -0.4 is 10.6 Å². The molecule has 1 aliphatic heterocycles. The summed E-state index contributed by atoms with van der Waals surface area (Å²) in [7, 11) is 7.95. The zero-order chi connectivity index (χ0) is 16.8. The Morgan fingerprint density at radius 3 is 2.43 bits per heavy atom. The lowest BCUT2D eigenvalue weighted by Crippen LogP contribution is -2.56. The molecule has 7 heteroatoms. The minimum absolute atomic E-state index is 0. The van der Waals surface area contributed by atoms with Crippen molar-refractivity contribution in [1.29, 1.82) is 0 Å². The number of guanidine groups is 1. The summed E-state index contributed by atoms with van der Waals surface area (Å²) < 4.78 is 5.58. The van der Waals surface area contributed by atoms with Gasteiger partial charge in [0.15, 0.2) is 5.96 Å². The first-order chi connectivity index (χ1) is 10.3. The molecule has 0 amide bonds. The van der Waals surface area contributed by atoms with Gasteiger partial charge in [-0.2, -0.15) is 0 Å². The first kappa shape index (κ1) is 22.9. The van der Waals surface area contributed by atoms with Crippen molar-refractivity contribution in [3.05, 3.63) is 0 Å². The third-order valence-corrected chi connectivity index (χ3v) is 4.41. The molecule has 0 radical (unpaired) electrons. The predicted octanol–water partition coefficient (Wildman–Crippen LogP) is 1.08. The summed E-state index contributed by atoms with van der Waals surface area (Å²) in [4.78, 5) is 9.10. The van der Waals surface area contributed by atoms with Gasteiger partial charge in [0.2, 0.25) is 0 Å². The van der Waals surface area contributed by atoms with Gasteiger partial charge in [0.1, 0.15) is 0 Å². The Kier molecular flexibility index (Phi) is 10.6. The molecular formula is C16H36IN5O. The van der Waals surface area contributed by atoms with E-state index >= 15 is 0 Å². The molecule has 138 valence electrons. The molecule has 1 rings (SSSR count). The highest BCUT2D eigenvalue weighted by atomic mass is 127. The second kappa shape index (κ2) is 10.7. The maximum atomic E-state index is 5.58. The number of halogens is 1. The largest absolute Gasteiger partial charge is 0.379 e. The number of hydrogen-bond donors (Lipinski definition) is 2. The number of nitrogens with one attached hydrogen (secondary N) is 2. The van der Waals surface area contributed by atoms with Gasteiger partial charge in [-0.15, -0.1) is 24.0 Å². The fourth-order valence-electron chi connectivity index (χ4n) is 2.69. The van der Waals surface area contributed by atoms with Crippen molar-refractivity contribution in [1.82, 2.24) is 20.4 Å². The maximum absolute atomic E-state index is 5.58. The molecule has 0 aromatic heterocycles. The molecule has 1 aliphatic rings. The fraction of sp³-hybridized carbons (Fsp3) is 0.938. The van der Waals surface area contributed by atoms with Gasteiger partial charge in [0, 0.05) is 52.9 Å². The molecule has 1 fully saturated rings. The molecule has 2 unspecified atom stereocenters. The summed E-state index contributed by atoms with van der Waals surface area (Å²) in [5.41, 5.74) is 0.104. The third kappa shape index (κ3) is 8.00. The van der Waals surface area contributed by atoms with Crippen LogP contribution in [0, 0.1) is 5.41 Å². The van der Waals surface area contributed by atoms with Crippen LogP contribution in [-0.4, -0.2) is 88.9 Å². The van der Waals surface area contributed by atoms with Crippen LogP contribution in [0.4, 0.5) is 0 Å². The van der Waals surface area contributed by atoms with Crippen LogP contribution in [-0.2, 0) is 4.74 Å². The average molecular weight is 441 g/mol. The maximum Gasteiger partial charge on any atom is 0.191 e. The molecule has 0 aromatic carbocycles. The number of methoxy groups -OCH3 is 1. The Hall–Kier alpha value is -0.120. The van der Waals surface area contributed by atoms with Gasteiger partial charge >= 0.3 is 0 Å². The summed E-state index contributed by atoms with van der Waals surface area (Å²) in [6.45, 7) is 11.5. The SMILES string of the molecule is CN=C(NCC1CN(C)CCN1C)NCC(OC)C(C)(C)C.I. The lowest BCUT2D eigenvalue weighted by Gasteiger charge is -2.38. The normalized spacial score (nSPS) is 22.4. The van der Waals surface area contributed by atoms with Gasteiger partial charge in [0.05, 0.1) is 6.10 Å². The zero-order valence-corrected chi connectivity index (χ0v) is 18.2. The molecule has 1 heterocycles. The van der Waals surface area contributed by atoms with Gasteiger partial charge in [0.25, 0.3) is 0 Å². The number of rotatable bonds is 5. The van der Waals surface area contributed by atoms with Crippen molar-refractivity contribution in [3.8, 4) is 0 Å². The minimum atomic E-state index is 0. The molecule has 6 nitrogen and oxygen atoms in total. The fourth-order valence-corrected chi connectivity index (χ4v) is 2.69. The Balaban J connectivity index is 0.00000484. The smallest absolute Gasteiger partial charge is 0.191 e. The van der Waals surface area contributed by atoms with Gasteiger partial charge in [-0.25, -0.2) is 0 Å². The standard InChI is InChI=1S/C16H35N5O.HI/c1-16(2,3)14(22-7)11-19-15(17-4)18-10-13-12-20(5)8-9-21(13)6;/h13-14H,8-12H2,1-7H3,(H2,17,18,19);1H. The van der Waals surface area contributed by atoms with Crippen LogP contribution in [0.3, 0.4) is 0 Å². The zero-order valence-electron chi connectivity index (χ0n) is 15.8. The molecule has 23 heavy (non-hydrogen) atoms. The van der Waals surface area contributed by atoms with Crippen molar-refractivity contribution < 1.29 is 4.74 Å². The van der Waals surface area contributed by atoms with Crippen molar-refractivity contribution in [2.75, 3.05) is 61.0 Å². The molecule has 1 saturated heterocycles. The van der Waals surface area contributed by atoms with E-state index < -0.39 is 0 Å². The molecule has 0 saturated carbocycles. The lowest BCUT2D eigenvalue weighted by molar-refractivity contribution is 0.0205. The number of likely N-dealkylation sites (N-methyl/N-ethyl adjacent to an activating group) is 2. The van der Waals surface area contributed by atoms with E-state index in [1.54, 1.807) is 7.11 Å². The van der Waals surface area contributed by atoms with Crippen LogP contribution in [0.2, 0.25) is 0 Å². The Labute approximate surface area is 159 Å². The molecule has 0 spiro atoms. The van der Waals surface area contributed by atoms with Crippen LogP contribution in [0.15, 0.2) is 4.99 Å². The van der Waals surface area contributed by atoms with Crippen molar-refractivity contribution in [2.45, 2.75) is 32.9 Å². The monoisotopic (exact) mass is 441 g/mol. The van der Waals surface area contributed by atoms with Crippen molar-refractivity contribution in [3.63, 3.8) is 0 Å². The van der Waals surface area contributed by atoms with Gasteiger partial charge in [-0.1, -0.05) is 20.8 Å². The highest BCUT2D eigenvalue weighted by Crippen LogP contribution is 2.20. The average Bonchev–Trinajstić information content (AvgIpc) is 2.44. The quantitative estimate of drug-likeness (QED) is 0.380. The molecule has 0 aromatic rings. The van der Waals surface area contributed by atoms with E-state index in [1.165, 1.54) is 0 Å². The summed E-state index contributed by atoms with van der Waals surface area (Å²) in [6, 6.07) is 0.512. The third-order valence-electron chi connectivity index (χ3n) is 4.41. The van der Waals surface area contributed by atoms with E-state index in [0.717, 1.165) is 38.7 Å². The lowest BCUT2D eigenvalue weighted by atomic mass is 9.89. The minimum Gasteiger partial charge on any atom is -0.379 e. The van der Waals surface area contributed by atoms with Crippen LogP contribution in [0.1, 0.15) is 20.8 Å². The summed E-state index contributed by atoms with van der Waals surface area (Å²) >= 11 is 0. The van der Waals surface area contributed by atoms with Crippen molar-refractivity contribution >= 4 is 29.9 Å². The molecule has 2 atom stereocenters. The molecule has 0 bridgehead atoms. The van der Waals surface area contributed by atoms with Crippen LogP contribution >= 0.6 is 24.0 Å². The van der Waals surface area contributed by atoms with E-state index in [9.17, 15) is 0 Å². The molecule has 0 aliphatic carbocycles. The predicted molar refractivity (Wildman–Crippen MR) is 109 cm³/mol. The number of aliphatic imine (C=N–C) groups is 1. The first-order valence-corrected chi connectivity index (χ1v) is 8.14. The van der Waals surface area contributed by atoms with E-state index in [1.807, 2.05) is 7.05 Å². The molecular weight excluding hydrogens is 405 g/mol. The second-order valence-corrected chi connectivity index (χ2v) is 7.32. The first-order valence-electron chi connectivity index (χ1n) is 8.14. The van der Waals surface area contributed by atoms with E-state index in [2.05, 4.69) is 60.3 Å². The number of nitrogens with zero attached hydrogens (tertiary/aromatic N) is 3. The number of ether oxygens (including phenoxy) is 1. The van der Waals surface area contributed by atoms with Crippen LogP contribution in [0.25, 0.3) is 0 Å². The van der Waals surface area contributed by atoms with Crippen molar-refractivity contribution in [2.24, 2.45) is 10.4 Å². The van der Waals surface area contributed by atoms with Gasteiger partial charge in [-0.05, 0) is 19.5 Å². The highest BCUT2D eigenvalue weighted by molar-refractivity contribution is 14.0. The van der Waals surface area contributed by atoms with Gasteiger partial charge in [-0.3, -0.25) is 9.89 Å². The Bertz CT molecular complexity index is 359. The van der Waals surface area contributed by atoms with Crippen LogP contribution in [0.5, 0.6) is 0 Å². The Morgan fingerprint density at radius 1 is 1.26 bits per heavy atom. The summed E-state index contributed by atoms with van der Waals surface area (Å²) in [6.07, 6.45) is 0.148. The summed E-state index contributed by atoms with van der Waals surface area (Å²) in [5.74, 6) is 0.841. The summed E-state index contributed by atoms with van der Waals surface area (Å²) in [5, 5.41) is 6.81. The van der Waals surface area contributed by atoms with E-state index in [0.29, 0.717) is 6.04 Å². The van der Waals surface area contributed by atoms with E-state index in [-0.39, 0.29) is 35.5 Å². The number of piperazine rings is 1.